The van der Waals surface area contributed by atoms with Crippen LogP contribution in [0.2, 0.25) is 0 Å². The Bertz CT molecular complexity index is 1130. The monoisotopic (exact) mass is 459 g/mol. The van der Waals surface area contributed by atoms with E-state index < -0.39 is 15.9 Å². The molecule has 0 atom stereocenters. The molecule has 0 saturated heterocycles. The van der Waals surface area contributed by atoms with Crippen LogP contribution in [0.4, 0.5) is 5.69 Å². The molecule has 3 aromatic rings. The van der Waals surface area contributed by atoms with Crippen LogP contribution in [0.1, 0.15) is 22.8 Å². The second kappa shape index (κ2) is 10.1. The number of carbonyl (C=O) groups is 2. The number of benzene rings is 2. The summed E-state index contributed by atoms with van der Waals surface area (Å²) in [7, 11) is -3.79. The van der Waals surface area contributed by atoms with Crippen molar-refractivity contribution >= 4 is 38.9 Å². The number of amides is 2. The summed E-state index contributed by atoms with van der Waals surface area (Å²) in [6.07, 6.45) is 0.163. The van der Waals surface area contributed by atoms with Crippen LogP contribution >= 0.6 is 11.3 Å². The molecule has 10 heteroatoms. The molecule has 0 unspecified atom stereocenters. The van der Waals surface area contributed by atoms with Crippen molar-refractivity contribution in [3.63, 3.8) is 0 Å². The van der Waals surface area contributed by atoms with Crippen molar-refractivity contribution in [1.29, 1.82) is 0 Å². The lowest BCUT2D eigenvalue weighted by atomic mass is 10.2. The smallest absolute Gasteiger partial charge is 0.269 e. The molecule has 31 heavy (non-hydrogen) atoms. The van der Waals surface area contributed by atoms with E-state index in [1.165, 1.54) is 47.7 Å². The Kier molecular flexibility index (Phi) is 7.27. The van der Waals surface area contributed by atoms with Crippen molar-refractivity contribution in [2.24, 2.45) is 0 Å². The van der Waals surface area contributed by atoms with Crippen LogP contribution in [-0.4, -0.2) is 26.8 Å². The highest BCUT2D eigenvalue weighted by molar-refractivity contribution is 7.92. The van der Waals surface area contributed by atoms with Gasteiger partial charge in [0.05, 0.1) is 17.9 Å². The molecule has 2 amide bonds. The number of ether oxygens (including phenoxy) is 1. The lowest BCUT2D eigenvalue weighted by Gasteiger charge is -2.10. The second-order valence-electron chi connectivity index (χ2n) is 6.40. The minimum atomic E-state index is -3.79. The Labute approximate surface area is 184 Å². The largest absolute Gasteiger partial charge is 0.494 e. The zero-order chi connectivity index (χ0) is 22.3. The van der Waals surface area contributed by atoms with E-state index in [2.05, 4.69) is 15.6 Å². The number of hydrogen-bond acceptors (Lipinski definition) is 6. The zero-order valence-corrected chi connectivity index (χ0v) is 18.3. The molecule has 0 spiro atoms. The number of hydrogen-bond donors (Lipinski definition) is 3. The number of carbonyl (C=O) groups excluding carboxylic acids is 2. The third-order valence-electron chi connectivity index (χ3n) is 4.10. The molecular weight excluding hydrogens is 438 g/mol. The van der Waals surface area contributed by atoms with Crippen LogP contribution in [0.25, 0.3) is 0 Å². The molecule has 0 radical (unpaired) electrons. The summed E-state index contributed by atoms with van der Waals surface area (Å²) in [6, 6.07) is 13.7. The summed E-state index contributed by atoms with van der Waals surface area (Å²) in [4.78, 5) is 24.1. The number of hydrazine groups is 1. The molecule has 0 bridgehead atoms. The fraction of sp³-hybridized carbons (Fsp3) is 0.143. The highest BCUT2D eigenvalue weighted by Gasteiger charge is 2.15. The average Bonchev–Trinajstić information content (AvgIpc) is 3.26. The maximum absolute atomic E-state index is 12.5. The fourth-order valence-electron chi connectivity index (χ4n) is 2.61. The SMILES string of the molecule is CCOc1ccc(S(=O)(=O)Nc2ccc(C(=O)NNC(=O)Cc3ccsc3)cc2)cc1. The van der Waals surface area contributed by atoms with Gasteiger partial charge in [-0.1, -0.05) is 0 Å². The van der Waals surface area contributed by atoms with E-state index >= 15 is 0 Å². The molecule has 0 fully saturated rings. The highest BCUT2D eigenvalue weighted by atomic mass is 32.2. The van der Waals surface area contributed by atoms with Crippen LogP contribution in [0.5, 0.6) is 5.75 Å². The predicted octanol–water partition coefficient (Wildman–Crippen LogP) is 2.95. The van der Waals surface area contributed by atoms with Gasteiger partial charge in [0.2, 0.25) is 5.91 Å². The van der Waals surface area contributed by atoms with Crippen LogP contribution in [-0.2, 0) is 21.2 Å². The van der Waals surface area contributed by atoms with Gasteiger partial charge in [-0.05, 0) is 77.8 Å². The van der Waals surface area contributed by atoms with Gasteiger partial charge in [-0.25, -0.2) is 8.42 Å². The summed E-state index contributed by atoms with van der Waals surface area (Å²) >= 11 is 1.49. The maximum Gasteiger partial charge on any atom is 0.269 e. The van der Waals surface area contributed by atoms with Crippen LogP contribution < -0.4 is 20.3 Å². The van der Waals surface area contributed by atoms with Crippen molar-refractivity contribution in [3.8, 4) is 5.75 Å². The molecule has 2 aromatic carbocycles. The van der Waals surface area contributed by atoms with E-state index in [0.717, 1.165) is 5.56 Å². The summed E-state index contributed by atoms with van der Waals surface area (Å²) in [6.45, 7) is 2.33. The number of anilines is 1. The van der Waals surface area contributed by atoms with Crippen LogP contribution in [0.15, 0.2) is 70.3 Å². The topological polar surface area (TPSA) is 114 Å². The molecular formula is C21H21N3O5S2. The Balaban J connectivity index is 1.56. The number of sulfonamides is 1. The van der Waals surface area contributed by atoms with Crippen LogP contribution in [0.3, 0.4) is 0 Å². The van der Waals surface area contributed by atoms with Gasteiger partial charge in [0, 0.05) is 11.3 Å². The van der Waals surface area contributed by atoms with E-state index in [9.17, 15) is 18.0 Å². The van der Waals surface area contributed by atoms with Gasteiger partial charge in [-0.3, -0.25) is 25.2 Å². The maximum atomic E-state index is 12.5. The Hall–Kier alpha value is -3.37. The van der Waals surface area contributed by atoms with E-state index in [-0.39, 0.29) is 22.8 Å². The zero-order valence-electron chi connectivity index (χ0n) is 16.6. The number of rotatable bonds is 8. The standard InChI is InChI=1S/C21H21N3O5S2/c1-2-29-18-7-9-19(10-8-18)31(27,28)24-17-5-3-16(4-6-17)21(26)23-22-20(25)13-15-11-12-30-14-15/h3-12,14,24H,2,13H2,1H3,(H,22,25)(H,23,26). The molecule has 3 N–H and O–H groups in total. The van der Waals surface area contributed by atoms with Gasteiger partial charge in [-0.15, -0.1) is 0 Å². The van der Waals surface area contributed by atoms with Gasteiger partial charge in [0.15, 0.2) is 0 Å². The first-order valence-electron chi connectivity index (χ1n) is 9.33. The summed E-state index contributed by atoms with van der Waals surface area (Å²) < 4.78 is 32.8. The third-order valence-corrected chi connectivity index (χ3v) is 6.23. The first-order chi connectivity index (χ1) is 14.9. The Morgan fingerprint density at radius 3 is 2.29 bits per heavy atom. The summed E-state index contributed by atoms with van der Waals surface area (Å²) in [5.74, 6) is -0.273. The Morgan fingerprint density at radius 1 is 0.968 bits per heavy atom. The second-order valence-corrected chi connectivity index (χ2v) is 8.86. The molecule has 8 nitrogen and oxygen atoms in total. The van der Waals surface area contributed by atoms with Crippen molar-refractivity contribution in [1.82, 2.24) is 10.9 Å². The van der Waals surface area contributed by atoms with Gasteiger partial charge in [-0.2, -0.15) is 11.3 Å². The molecule has 1 aromatic heterocycles. The molecule has 0 saturated carbocycles. The Morgan fingerprint density at radius 2 is 1.68 bits per heavy atom. The molecule has 1 heterocycles. The minimum absolute atomic E-state index is 0.0890. The molecule has 0 aliphatic rings. The van der Waals surface area contributed by atoms with Crippen LogP contribution in [0, 0.1) is 0 Å². The van der Waals surface area contributed by atoms with Gasteiger partial charge >= 0.3 is 0 Å². The summed E-state index contributed by atoms with van der Waals surface area (Å²) in [5, 5.41) is 3.72. The van der Waals surface area contributed by atoms with E-state index in [1.807, 2.05) is 23.8 Å². The minimum Gasteiger partial charge on any atom is -0.494 e. The number of thiophene rings is 1. The lowest BCUT2D eigenvalue weighted by Crippen LogP contribution is -2.42. The molecule has 0 aliphatic heterocycles. The molecule has 0 aliphatic carbocycles. The fourth-order valence-corrected chi connectivity index (χ4v) is 4.33. The van der Waals surface area contributed by atoms with Gasteiger partial charge in [0.25, 0.3) is 15.9 Å². The highest BCUT2D eigenvalue weighted by Crippen LogP contribution is 2.19. The van der Waals surface area contributed by atoms with Gasteiger partial charge in [0.1, 0.15) is 5.75 Å². The van der Waals surface area contributed by atoms with E-state index in [4.69, 9.17) is 4.74 Å². The van der Waals surface area contributed by atoms with Crippen molar-refractivity contribution in [2.45, 2.75) is 18.2 Å². The van der Waals surface area contributed by atoms with Crippen molar-refractivity contribution < 1.29 is 22.7 Å². The average molecular weight is 460 g/mol. The van der Waals surface area contributed by atoms with Crippen molar-refractivity contribution in [2.75, 3.05) is 11.3 Å². The third kappa shape index (κ3) is 6.30. The van der Waals surface area contributed by atoms with Gasteiger partial charge < -0.3 is 4.74 Å². The number of nitrogens with one attached hydrogen (secondary N) is 3. The summed E-state index contributed by atoms with van der Waals surface area (Å²) in [5.41, 5.74) is 6.11. The molecule has 3 rings (SSSR count). The first-order valence-corrected chi connectivity index (χ1v) is 11.8. The quantitative estimate of drug-likeness (QED) is 0.448. The normalized spacial score (nSPS) is 10.9. The predicted molar refractivity (Wildman–Crippen MR) is 118 cm³/mol. The lowest BCUT2D eigenvalue weighted by molar-refractivity contribution is -0.121. The van der Waals surface area contributed by atoms with E-state index in [0.29, 0.717) is 18.0 Å². The first kappa shape index (κ1) is 22.3. The molecule has 162 valence electrons. The van der Waals surface area contributed by atoms with E-state index in [1.54, 1.807) is 12.1 Å². The van der Waals surface area contributed by atoms with Crippen molar-refractivity contribution in [3.05, 3.63) is 76.5 Å².